The number of aliphatic carboxylic acids is 1. The summed E-state index contributed by atoms with van der Waals surface area (Å²) in [5.41, 5.74) is 0.659. The number of nitrogens with one attached hydrogen (secondary N) is 1. The number of hydrogen-bond donors (Lipinski definition) is 2. The molecule has 0 radical (unpaired) electrons. The molecule has 1 aromatic heterocycles. The standard InChI is InChI=1S/C23H35N3O3S/c1-2-13-30-23-19(22(29)24-15-17-7-4-3-5-8-17)10-11-20(25-23)26-12-6-9-18(16-26)14-21(27)28/h10-11,17-18H,2-9,12-16H2,1H3,(H,24,29)(H,27,28)/t18-/m1/s1. The summed E-state index contributed by atoms with van der Waals surface area (Å²) >= 11 is 1.63. The normalized spacial score (nSPS) is 20.2. The molecular formula is C23H35N3O3S. The first kappa shape index (κ1) is 22.9. The number of anilines is 1. The number of piperidine rings is 1. The van der Waals surface area contributed by atoms with E-state index in [1.807, 2.05) is 12.1 Å². The zero-order valence-corrected chi connectivity index (χ0v) is 18.9. The van der Waals surface area contributed by atoms with E-state index in [2.05, 4.69) is 17.1 Å². The van der Waals surface area contributed by atoms with Crippen LogP contribution in [0.5, 0.6) is 0 Å². The molecule has 3 rings (SSSR count). The predicted molar refractivity (Wildman–Crippen MR) is 121 cm³/mol. The number of aromatic nitrogens is 1. The quantitative estimate of drug-likeness (QED) is 0.555. The fraction of sp³-hybridized carbons (Fsp3) is 0.696. The molecule has 1 aromatic rings. The number of thioether (sulfide) groups is 1. The molecule has 166 valence electrons. The van der Waals surface area contributed by atoms with Crippen LogP contribution in [0.2, 0.25) is 0 Å². The largest absolute Gasteiger partial charge is 0.481 e. The van der Waals surface area contributed by atoms with Gasteiger partial charge in [-0.05, 0) is 61.8 Å². The molecule has 2 heterocycles. The number of carboxylic acids is 1. The molecule has 1 atom stereocenters. The number of nitrogens with zero attached hydrogens (tertiary/aromatic N) is 2. The van der Waals surface area contributed by atoms with E-state index in [1.54, 1.807) is 11.8 Å². The van der Waals surface area contributed by atoms with E-state index in [4.69, 9.17) is 10.1 Å². The monoisotopic (exact) mass is 433 g/mol. The van der Waals surface area contributed by atoms with Crippen molar-refractivity contribution in [2.45, 2.75) is 69.7 Å². The fourth-order valence-electron chi connectivity index (χ4n) is 4.50. The van der Waals surface area contributed by atoms with Crippen molar-refractivity contribution >= 4 is 29.5 Å². The van der Waals surface area contributed by atoms with Gasteiger partial charge in [-0.1, -0.05) is 26.2 Å². The summed E-state index contributed by atoms with van der Waals surface area (Å²) in [6.07, 6.45) is 9.42. The van der Waals surface area contributed by atoms with E-state index in [-0.39, 0.29) is 18.2 Å². The van der Waals surface area contributed by atoms with Crippen molar-refractivity contribution < 1.29 is 14.7 Å². The molecule has 0 spiro atoms. The van der Waals surface area contributed by atoms with Crippen molar-refractivity contribution in [2.24, 2.45) is 11.8 Å². The molecule has 1 saturated heterocycles. The number of carbonyl (C=O) groups excluding carboxylic acids is 1. The van der Waals surface area contributed by atoms with E-state index in [0.29, 0.717) is 18.0 Å². The van der Waals surface area contributed by atoms with Gasteiger partial charge in [-0.3, -0.25) is 9.59 Å². The van der Waals surface area contributed by atoms with Gasteiger partial charge in [0, 0.05) is 26.1 Å². The molecule has 0 aromatic carbocycles. The number of hydrogen-bond acceptors (Lipinski definition) is 5. The Kier molecular flexibility index (Phi) is 8.85. The molecule has 30 heavy (non-hydrogen) atoms. The molecule has 1 aliphatic heterocycles. The molecule has 7 heteroatoms. The molecule has 0 bridgehead atoms. The van der Waals surface area contributed by atoms with Gasteiger partial charge in [-0.2, -0.15) is 0 Å². The summed E-state index contributed by atoms with van der Waals surface area (Å²) < 4.78 is 0. The highest BCUT2D eigenvalue weighted by atomic mass is 32.2. The zero-order chi connectivity index (χ0) is 21.3. The van der Waals surface area contributed by atoms with Gasteiger partial charge in [-0.25, -0.2) is 4.98 Å². The molecule has 6 nitrogen and oxygen atoms in total. The van der Waals surface area contributed by atoms with Crippen LogP contribution in [-0.4, -0.2) is 47.4 Å². The highest BCUT2D eigenvalue weighted by molar-refractivity contribution is 7.99. The van der Waals surface area contributed by atoms with Gasteiger partial charge in [0.05, 0.1) is 5.56 Å². The minimum atomic E-state index is -0.737. The van der Waals surface area contributed by atoms with Crippen LogP contribution in [0.25, 0.3) is 0 Å². The Balaban J connectivity index is 1.69. The van der Waals surface area contributed by atoms with Crippen LogP contribution in [0.3, 0.4) is 0 Å². The molecule has 2 fully saturated rings. The minimum Gasteiger partial charge on any atom is -0.481 e. The van der Waals surface area contributed by atoms with Gasteiger partial charge in [0.1, 0.15) is 10.8 Å². The summed E-state index contributed by atoms with van der Waals surface area (Å²) in [6.45, 7) is 4.47. The second-order valence-corrected chi connectivity index (χ2v) is 9.72. The SMILES string of the molecule is CCCSc1nc(N2CCC[C@H](CC(=O)O)C2)ccc1C(=O)NCC1CCCCC1. The lowest BCUT2D eigenvalue weighted by Crippen LogP contribution is -2.37. The first-order valence-electron chi connectivity index (χ1n) is 11.5. The van der Waals surface area contributed by atoms with Gasteiger partial charge in [-0.15, -0.1) is 11.8 Å². The summed E-state index contributed by atoms with van der Waals surface area (Å²) in [5, 5.41) is 13.1. The van der Waals surface area contributed by atoms with Crippen LogP contribution in [0.15, 0.2) is 17.2 Å². The maximum atomic E-state index is 12.9. The van der Waals surface area contributed by atoms with E-state index >= 15 is 0 Å². The Morgan fingerprint density at radius 2 is 1.93 bits per heavy atom. The van der Waals surface area contributed by atoms with Gasteiger partial charge in [0.2, 0.25) is 0 Å². The van der Waals surface area contributed by atoms with Crippen molar-refractivity contribution in [1.29, 1.82) is 0 Å². The Labute approximate surface area is 184 Å². The van der Waals surface area contributed by atoms with Crippen LogP contribution in [0, 0.1) is 11.8 Å². The summed E-state index contributed by atoms with van der Waals surface area (Å²) in [5.74, 6) is 1.76. The second-order valence-electron chi connectivity index (χ2n) is 8.64. The number of pyridine rings is 1. The molecule has 2 N–H and O–H groups in total. The lowest BCUT2D eigenvalue weighted by molar-refractivity contribution is -0.138. The van der Waals surface area contributed by atoms with E-state index in [1.165, 1.54) is 32.1 Å². The summed E-state index contributed by atoms with van der Waals surface area (Å²) in [7, 11) is 0. The Bertz CT molecular complexity index is 722. The average molecular weight is 434 g/mol. The van der Waals surface area contributed by atoms with Crippen LogP contribution in [0.4, 0.5) is 5.82 Å². The lowest BCUT2D eigenvalue weighted by Gasteiger charge is -2.33. The molecule has 0 unspecified atom stereocenters. The molecule has 1 aliphatic carbocycles. The highest BCUT2D eigenvalue weighted by Crippen LogP contribution is 2.29. The Morgan fingerprint density at radius 1 is 1.17 bits per heavy atom. The van der Waals surface area contributed by atoms with Crippen molar-refractivity contribution in [3.8, 4) is 0 Å². The van der Waals surface area contributed by atoms with Gasteiger partial charge in [0.15, 0.2) is 0 Å². The number of rotatable bonds is 9. The van der Waals surface area contributed by atoms with Crippen molar-refractivity contribution in [1.82, 2.24) is 10.3 Å². The molecular weight excluding hydrogens is 398 g/mol. The average Bonchev–Trinajstić information content (AvgIpc) is 2.76. The summed E-state index contributed by atoms with van der Waals surface area (Å²) in [4.78, 5) is 31.0. The number of amides is 1. The van der Waals surface area contributed by atoms with E-state index < -0.39 is 5.97 Å². The maximum absolute atomic E-state index is 12.9. The first-order valence-corrected chi connectivity index (χ1v) is 12.4. The van der Waals surface area contributed by atoms with Gasteiger partial charge >= 0.3 is 5.97 Å². The van der Waals surface area contributed by atoms with E-state index in [9.17, 15) is 9.59 Å². The Morgan fingerprint density at radius 3 is 2.67 bits per heavy atom. The van der Waals surface area contributed by atoms with Crippen LogP contribution < -0.4 is 10.2 Å². The molecule has 2 aliphatic rings. The van der Waals surface area contributed by atoms with Gasteiger partial charge < -0.3 is 15.3 Å². The van der Waals surface area contributed by atoms with Crippen molar-refractivity contribution in [2.75, 3.05) is 30.3 Å². The number of carboxylic acid groups (broad SMARTS) is 1. The second kappa shape index (κ2) is 11.6. The lowest BCUT2D eigenvalue weighted by atomic mass is 9.89. The Hall–Kier alpha value is -1.76. The van der Waals surface area contributed by atoms with Crippen LogP contribution in [-0.2, 0) is 4.79 Å². The molecule has 1 amide bonds. The minimum absolute atomic E-state index is 0.0272. The molecule has 1 saturated carbocycles. The third-order valence-corrected chi connectivity index (χ3v) is 7.31. The maximum Gasteiger partial charge on any atom is 0.303 e. The third kappa shape index (κ3) is 6.62. The fourth-order valence-corrected chi connectivity index (χ4v) is 5.37. The van der Waals surface area contributed by atoms with Crippen molar-refractivity contribution in [3.05, 3.63) is 17.7 Å². The first-order chi connectivity index (χ1) is 14.6. The number of carbonyl (C=O) groups is 2. The zero-order valence-electron chi connectivity index (χ0n) is 18.1. The van der Waals surface area contributed by atoms with E-state index in [0.717, 1.165) is 48.9 Å². The topological polar surface area (TPSA) is 82.5 Å². The summed E-state index contributed by atoms with van der Waals surface area (Å²) in [6, 6.07) is 3.83. The van der Waals surface area contributed by atoms with Crippen LogP contribution in [0.1, 0.15) is 75.1 Å². The smallest absolute Gasteiger partial charge is 0.303 e. The highest BCUT2D eigenvalue weighted by Gasteiger charge is 2.24. The van der Waals surface area contributed by atoms with Crippen LogP contribution >= 0.6 is 11.8 Å². The predicted octanol–water partition coefficient (Wildman–Crippen LogP) is 4.58. The van der Waals surface area contributed by atoms with Gasteiger partial charge in [0.25, 0.3) is 5.91 Å². The third-order valence-electron chi connectivity index (χ3n) is 6.12. The van der Waals surface area contributed by atoms with Crippen molar-refractivity contribution in [3.63, 3.8) is 0 Å².